The van der Waals surface area contributed by atoms with Gasteiger partial charge in [-0.2, -0.15) is 0 Å². The van der Waals surface area contributed by atoms with E-state index in [0.29, 0.717) is 13.1 Å². The molecular formula is C15H19NO2. The highest BCUT2D eigenvalue weighted by Gasteiger charge is 2.04. The fraction of sp³-hybridized carbons (Fsp3) is 0.333. The van der Waals surface area contributed by atoms with Gasteiger partial charge in [0.2, 0.25) is 0 Å². The summed E-state index contributed by atoms with van der Waals surface area (Å²) < 4.78 is 5.75. The molecule has 1 aromatic carbocycles. The number of aryl methyl sites for hydroxylation is 1. The summed E-state index contributed by atoms with van der Waals surface area (Å²) in [7, 11) is 0. The van der Waals surface area contributed by atoms with E-state index in [-0.39, 0.29) is 6.10 Å². The van der Waals surface area contributed by atoms with Gasteiger partial charge in [-0.15, -0.1) is 0 Å². The van der Waals surface area contributed by atoms with E-state index in [1.807, 2.05) is 12.1 Å². The zero-order valence-corrected chi connectivity index (χ0v) is 10.8. The molecule has 0 aliphatic carbocycles. The van der Waals surface area contributed by atoms with Crippen molar-refractivity contribution in [3.63, 3.8) is 0 Å². The first-order valence-electron chi connectivity index (χ1n) is 6.19. The normalized spacial score (nSPS) is 12.6. The number of hydrogen-bond donors (Lipinski definition) is 2. The second kappa shape index (κ2) is 5.85. The van der Waals surface area contributed by atoms with E-state index in [9.17, 15) is 0 Å². The van der Waals surface area contributed by atoms with Crippen LogP contribution >= 0.6 is 0 Å². The third-order valence-corrected chi connectivity index (χ3v) is 2.74. The molecule has 0 saturated heterocycles. The maximum Gasteiger partial charge on any atom is 0.134 e. The van der Waals surface area contributed by atoms with Gasteiger partial charge in [0.15, 0.2) is 0 Å². The van der Waals surface area contributed by atoms with Gasteiger partial charge in [-0.1, -0.05) is 29.8 Å². The van der Waals surface area contributed by atoms with Gasteiger partial charge in [-0.3, -0.25) is 0 Å². The van der Waals surface area contributed by atoms with Crippen LogP contribution in [0.2, 0.25) is 0 Å². The third-order valence-electron chi connectivity index (χ3n) is 2.74. The van der Waals surface area contributed by atoms with Gasteiger partial charge in [-0.05, 0) is 26.0 Å². The first-order chi connectivity index (χ1) is 8.65. The molecule has 2 aromatic rings. The number of nitrogens with one attached hydrogen (secondary N) is 1. The largest absolute Gasteiger partial charge is 0.460 e. The van der Waals surface area contributed by atoms with Crippen LogP contribution in [0.25, 0.3) is 11.3 Å². The van der Waals surface area contributed by atoms with Gasteiger partial charge in [-0.25, -0.2) is 0 Å². The Kier molecular flexibility index (Phi) is 4.18. The van der Waals surface area contributed by atoms with Crippen molar-refractivity contribution in [3.8, 4) is 11.3 Å². The van der Waals surface area contributed by atoms with Crippen LogP contribution in [0.15, 0.2) is 40.8 Å². The van der Waals surface area contributed by atoms with Crippen molar-refractivity contribution in [1.82, 2.24) is 5.32 Å². The van der Waals surface area contributed by atoms with Crippen LogP contribution in [0.3, 0.4) is 0 Å². The van der Waals surface area contributed by atoms with Crippen LogP contribution < -0.4 is 5.32 Å². The number of hydrogen-bond acceptors (Lipinski definition) is 3. The molecule has 1 atom stereocenters. The molecule has 0 spiro atoms. The highest BCUT2D eigenvalue weighted by atomic mass is 16.3. The minimum atomic E-state index is -0.337. The number of benzene rings is 1. The van der Waals surface area contributed by atoms with Crippen molar-refractivity contribution < 1.29 is 9.52 Å². The van der Waals surface area contributed by atoms with Gasteiger partial charge >= 0.3 is 0 Å². The average molecular weight is 245 g/mol. The van der Waals surface area contributed by atoms with Gasteiger partial charge in [0.25, 0.3) is 0 Å². The lowest BCUT2D eigenvalue weighted by Crippen LogP contribution is -2.23. The topological polar surface area (TPSA) is 45.4 Å². The van der Waals surface area contributed by atoms with Gasteiger partial charge < -0.3 is 14.8 Å². The Morgan fingerprint density at radius 3 is 2.56 bits per heavy atom. The first kappa shape index (κ1) is 12.9. The maximum absolute atomic E-state index is 9.15. The molecule has 0 saturated carbocycles. The third kappa shape index (κ3) is 3.45. The van der Waals surface area contributed by atoms with E-state index < -0.39 is 0 Å². The molecule has 0 amide bonds. The number of furan rings is 1. The minimum Gasteiger partial charge on any atom is -0.460 e. The van der Waals surface area contributed by atoms with E-state index in [4.69, 9.17) is 9.52 Å². The summed E-state index contributed by atoms with van der Waals surface area (Å²) in [5, 5.41) is 12.3. The van der Waals surface area contributed by atoms with Crippen molar-refractivity contribution >= 4 is 0 Å². The van der Waals surface area contributed by atoms with E-state index in [1.165, 1.54) is 5.56 Å². The number of aliphatic hydroxyl groups excluding tert-OH is 1. The van der Waals surface area contributed by atoms with Crippen molar-refractivity contribution in [2.24, 2.45) is 0 Å². The molecule has 3 nitrogen and oxygen atoms in total. The van der Waals surface area contributed by atoms with Crippen LogP contribution in [0.4, 0.5) is 0 Å². The summed E-state index contributed by atoms with van der Waals surface area (Å²) in [4.78, 5) is 0. The summed E-state index contributed by atoms with van der Waals surface area (Å²) in [6.45, 7) is 5.03. The molecule has 2 N–H and O–H groups in total. The second-order valence-electron chi connectivity index (χ2n) is 4.61. The smallest absolute Gasteiger partial charge is 0.134 e. The summed E-state index contributed by atoms with van der Waals surface area (Å²) in [5.74, 6) is 1.76. The quantitative estimate of drug-likeness (QED) is 0.851. The summed E-state index contributed by atoms with van der Waals surface area (Å²) >= 11 is 0. The van der Waals surface area contributed by atoms with E-state index in [0.717, 1.165) is 17.1 Å². The van der Waals surface area contributed by atoms with Crippen molar-refractivity contribution in [2.45, 2.75) is 26.5 Å². The van der Waals surface area contributed by atoms with Crippen LogP contribution in [-0.4, -0.2) is 17.8 Å². The number of aliphatic hydroxyl groups is 1. The Labute approximate surface area is 107 Å². The zero-order valence-electron chi connectivity index (χ0n) is 10.8. The molecule has 0 aliphatic rings. The first-order valence-corrected chi connectivity index (χ1v) is 6.19. The molecule has 0 bridgehead atoms. The predicted molar refractivity (Wildman–Crippen MR) is 72.3 cm³/mol. The standard InChI is InChI=1S/C15H19NO2/c1-11-3-5-13(6-4-11)15-8-7-14(18-15)10-16-9-12(2)17/h3-8,12,16-17H,9-10H2,1-2H3. The van der Waals surface area contributed by atoms with Crippen LogP contribution in [0.1, 0.15) is 18.2 Å². The lowest BCUT2D eigenvalue weighted by atomic mass is 10.1. The van der Waals surface area contributed by atoms with E-state index >= 15 is 0 Å². The Bertz CT molecular complexity index is 485. The fourth-order valence-corrected chi connectivity index (χ4v) is 1.75. The minimum absolute atomic E-state index is 0.337. The second-order valence-corrected chi connectivity index (χ2v) is 4.61. The Morgan fingerprint density at radius 1 is 1.17 bits per heavy atom. The van der Waals surface area contributed by atoms with Crippen molar-refractivity contribution in [3.05, 3.63) is 47.7 Å². The van der Waals surface area contributed by atoms with E-state index in [2.05, 4.69) is 36.5 Å². The summed E-state index contributed by atoms with van der Waals surface area (Å²) in [5.41, 5.74) is 2.33. The van der Waals surface area contributed by atoms with Crippen LogP contribution in [0.5, 0.6) is 0 Å². The SMILES string of the molecule is Cc1ccc(-c2ccc(CNCC(C)O)o2)cc1. The summed E-state index contributed by atoms with van der Waals surface area (Å²) in [6, 6.07) is 12.2. The average Bonchev–Trinajstić information content (AvgIpc) is 2.78. The van der Waals surface area contributed by atoms with Crippen LogP contribution in [-0.2, 0) is 6.54 Å². The van der Waals surface area contributed by atoms with Crippen molar-refractivity contribution in [2.75, 3.05) is 6.54 Å². The zero-order chi connectivity index (χ0) is 13.0. The van der Waals surface area contributed by atoms with E-state index in [1.54, 1.807) is 6.92 Å². The molecule has 1 unspecified atom stereocenters. The maximum atomic E-state index is 9.15. The molecule has 3 heteroatoms. The molecule has 0 radical (unpaired) electrons. The molecular weight excluding hydrogens is 226 g/mol. The fourth-order valence-electron chi connectivity index (χ4n) is 1.75. The molecule has 96 valence electrons. The lowest BCUT2D eigenvalue weighted by Gasteiger charge is -2.04. The van der Waals surface area contributed by atoms with Gasteiger partial charge in [0, 0.05) is 12.1 Å². The number of rotatable bonds is 5. The summed E-state index contributed by atoms with van der Waals surface area (Å²) in [6.07, 6.45) is -0.337. The molecule has 1 aromatic heterocycles. The molecule has 18 heavy (non-hydrogen) atoms. The molecule has 1 heterocycles. The highest BCUT2D eigenvalue weighted by Crippen LogP contribution is 2.22. The van der Waals surface area contributed by atoms with Crippen LogP contribution in [0, 0.1) is 6.92 Å². The monoisotopic (exact) mass is 245 g/mol. The van der Waals surface area contributed by atoms with Crippen molar-refractivity contribution in [1.29, 1.82) is 0 Å². The van der Waals surface area contributed by atoms with Gasteiger partial charge in [0.1, 0.15) is 11.5 Å². The Hall–Kier alpha value is -1.58. The van der Waals surface area contributed by atoms with Gasteiger partial charge in [0.05, 0.1) is 12.6 Å². The highest BCUT2D eigenvalue weighted by molar-refractivity contribution is 5.57. The predicted octanol–water partition coefficient (Wildman–Crippen LogP) is 2.73. The Morgan fingerprint density at radius 2 is 1.89 bits per heavy atom. The Balaban J connectivity index is 1.99. The lowest BCUT2D eigenvalue weighted by molar-refractivity contribution is 0.190. The molecule has 0 fully saturated rings. The molecule has 2 rings (SSSR count). The molecule has 0 aliphatic heterocycles.